The van der Waals surface area contributed by atoms with Crippen LogP contribution < -0.4 is 10.6 Å². The third-order valence-corrected chi connectivity index (χ3v) is 3.72. The first-order chi connectivity index (χ1) is 8.65. The Kier molecular flexibility index (Phi) is 4.24. The normalized spacial score (nSPS) is 16.6. The standard InChI is InChI=1S/C12H19ClN4O/c1-8(9-3-4-9)17(5-6-18-2)12-10(14)11(13)15-7-16-12/h7-9H,3-6,14H2,1-2H3. The number of hydrogen-bond acceptors (Lipinski definition) is 5. The molecule has 0 aromatic carbocycles. The molecule has 2 rings (SSSR count). The van der Waals surface area contributed by atoms with Crippen LogP contribution in [0.1, 0.15) is 19.8 Å². The zero-order valence-corrected chi connectivity index (χ0v) is 11.5. The molecule has 5 nitrogen and oxygen atoms in total. The second kappa shape index (κ2) is 5.71. The van der Waals surface area contributed by atoms with Crippen molar-refractivity contribution in [3.8, 4) is 0 Å². The van der Waals surface area contributed by atoms with Gasteiger partial charge in [0.25, 0.3) is 0 Å². The molecule has 1 aromatic heterocycles. The smallest absolute Gasteiger partial charge is 0.157 e. The molecule has 1 heterocycles. The lowest BCUT2D eigenvalue weighted by atomic mass is 10.2. The Morgan fingerprint density at radius 2 is 2.28 bits per heavy atom. The molecular weight excluding hydrogens is 252 g/mol. The van der Waals surface area contributed by atoms with Crippen molar-refractivity contribution in [2.45, 2.75) is 25.8 Å². The quantitative estimate of drug-likeness (QED) is 0.801. The van der Waals surface area contributed by atoms with Gasteiger partial charge in [-0.3, -0.25) is 0 Å². The molecule has 2 N–H and O–H groups in total. The minimum absolute atomic E-state index is 0.311. The predicted octanol–water partition coefficient (Wildman–Crippen LogP) is 1.96. The number of aromatic nitrogens is 2. The van der Waals surface area contributed by atoms with Crippen LogP contribution >= 0.6 is 11.6 Å². The summed E-state index contributed by atoms with van der Waals surface area (Å²) in [5.41, 5.74) is 6.42. The number of ether oxygens (including phenoxy) is 1. The molecule has 1 aliphatic rings. The molecule has 0 amide bonds. The molecule has 1 aromatic rings. The first-order valence-corrected chi connectivity index (χ1v) is 6.54. The molecule has 1 atom stereocenters. The third kappa shape index (κ3) is 2.84. The van der Waals surface area contributed by atoms with Crippen LogP contribution in [0.4, 0.5) is 11.5 Å². The second-order valence-electron chi connectivity index (χ2n) is 4.67. The summed E-state index contributed by atoms with van der Waals surface area (Å²) in [5, 5.41) is 0.311. The first kappa shape index (κ1) is 13.4. The van der Waals surface area contributed by atoms with Crippen molar-refractivity contribution in [3.63, 3.8) is 0 Å². The minimum atomic E-state index is 0.311. The number of rotatable bonds is 6. The number of halogens is 1. The lowest BCUT2D eigenvalue weighted by Gasteiger charge is -2.31. The van der Waals surface area contributed by atoms with Crippen LogP contribution in [-0.2, 0) is 4.74 Å². The molecule has 6 heteroatoms. The molecule has 1 aliphatic carbocycles. The summed E-state index contributed by atoms with van der Waals surface area (Å²) in [4.78, 5) is 10.3. The van der Waals surface area contributed by atoms with Crippen molar-refractivity contribution in [1.82, 2.24) is 9.97 Å². The van der Waals surface area contributed by atoms with Crippen molar-refractivity contribution in [3.05, 3.63) is 11.5 Å². The van der Waals surface area contributed by atoms with Gasteiger partial charge in [0, 0.05) is 19.7 Å². The third-order valence-electron chi connectivity index (χ3n) is 3.42. The van der Waals surface area contributed by atoms with Crippen LogP contribution in [-0.4, -0.2) is 36.3 Å². The second-order valence-corrected chi connectivity index (χ2v) is 5.02. The van der Waals surface area contributed by atoms with Gasteiger partial charge in [-0.1, -0.05) is 11.6 Å². The number of methoxy groups -OCH3 is 1. The van der Waals surface area contributed by atoms with Crippen LogP contribution in [0.15, 0.2) is 6.33 Å². The highest BCUT2D eigenvalue weighted by molar-refractivity contribution is 6.32. The van der Waals surface area contributed by atoms with Gasteiger partial charge in [0.15, 0.2) is 11.0 Å². The van der Waals surface area contributed by atoms with Crippen molar-refractivity contribution < 1.29 is 4.74 Å². The number of anilines is 2. The van der Waals surface area contributed by atoms with Crippen LogP contribution in [0.25, 0.3) is 0 Å². The van der Waals surface area contributed by atoms with Crippen LogP contribution in [0.5, 0.6) is 0 Å². The SMILES string of the molecule is COCCN(c1ncnc(Cl)c1N)C(C)C1CC1. The van der Waals surface area contributed by atoms with Crippen molar-refractivity contribution in [2.75, 3.05) is 30.9 Å². The average molecular weight is 271 g/mol. The van der Waals surface area contributed by atoms with E-state index in [-0.39, 0.29) is 0 Å². The number of nitrogens with two attached hydrogens (primary N) is 1. The summed E-state index contributed by atoms with van der Waals surface area (Å²) >= 11 is 5.96. The van der Waals surface area contributed by atoms with E-state index in [0.29, 0.717) is 29.3 Å². The Morgan fingerprint density at radius 3 is 2.89 bits per heavy atom. The molecule has 0 aliphatic heterocycles. The fourth-order valence-corrected chi connectivity index (χ4v) is 2.25. The number of hydrogen-bond donors (Lipinski definition) is 1. The van der Waals surface area contributed by atoms with Gasteiger partial charge >= 0.3 is 0 Å². The Bertz CT molecular complexity index is 411. The monoisotopic (exact) mass is 270 g/mol. The zero-order valence-electron chi connectivity index (χ0n) is 10.8. The average Bonchev–Trinajstić information content (AvgIpc) is 3.18. The van der Waals surface area contributed by atoms with Crippen molar-refractivity contribution in [2.24, 2.45) is 5.92 Å². The molecule has 1 unspecified atom stereocenters. The maximum atomic E-state index is 5.97. The Balaban J connectivity index is 2.23. The van der Waals surface area contributed by atoms with E-state index >= 15 is 0 Å². The summed E-state index contributed by atoms with van der Waals surface area (Å²) < 4.78 is 5.16. The number of nitrogen functional groups attached to an aromatic ring is 1. The molecule has 0 bridgehead atoms. The van der Waals surface area contributed by atoms with E-state index in [2.05, 4.69) is 21.8 Å². The van der Waals surface area contributed by atoms with Gasteiger partial charge in [-0.2, -0.15) is 0 Å². The largest absolute Gasteiger partial charge is 0.393 e. The van der Waals surface area contributed by atoms with Crippen LogP contribution in [0.3, 0.4) is 0 Å². The Labute approximate surface area is 112 Å². The van der Waals surface area contributed by atoms with E-state index in [1.165, 1.54) is 19.2 Å². The van der Waals surface area contributed by atoms with Gasteiger partial charge in [0.1, 0.15) is 12.0 Å². The molecule has 1 saturated carbocycles. The van der Waals surface area contributed by atoms with Gasteiger partial charge < -0.3 is 15.4 Å². The zero-order chi connectivity index (χ0) is 13.1. The fraction of sp³-hybridized carbons (Fsp3) is 0.667. The van der Waals surface area contributed by atoms with Gasteiger partial charge in [0.2, 0.25) is 0 Å². The predicted molar refractivity (Wildman–Crippen MR) is 72.9 cm³/mol. The summed E-state index contributed by atoms with van der Waals surface area (Å²) in [6.45, 7) is 3.59. The summed E-state index contributed by atoms with van der Waals surface area (Å²) in [6, 6.07) is 0.397. The molecule has 0 radical (unpaired) electrons. The summed E-state index contributed by atoms with van der Waals surface area (Å²) in [6.07, 6.45) is 3.99. The molecule has 0 saturated heterocycles. The van der Waals surface area contributed by atoms with E-state index in [0.717, 1.165) is 12.5 Å². The van der Waals surface area contributed by atoms with E-state index in [4.69, 9.17) is 22.1 Å². The topological polar surface area (TPSA) is 64.3 Å². The van der Waals surface area contributed by atoms with E-state index in [9.17, 15) is 0 Å². The van der Waals surface area contributed by atoms with Gasteiger partial charge in [-0.15, -0.1) is 0 Å². The Morgan fingerprint density at radius 1 is 1.56 bits per heavy atom. The number of nitrogens with zero attached hydrogens (tertiary/aromatic N) is 3. The molecule has 1 fully saturated rings. The first-order valence-electron chi connectivity index (χ1n) is 6.16. The summed E-state index contributed by atoms with van der Waals surface area (Å²) in [7, 11) is 1.69. The minimum Gasteiger partial charge on any atom is -0.393 e. The van der Waals surface area contributed by atoms with Gasteiger partial charge in [-0.05, 0) is 25.7 Å². The molecule has 0 spiro atoms. The maximum absolute atomic E-state index is 5.97. The van der Waals surface area contributed by atoms with E-state index in [1.807, 2.05) is 0 Å². The van der Waals surface area contributed by atoms with Gasteiger partial charge in [0.05, 0.1) is 6.61 Å². The van der Waals surface area contributed by atoms with Crippen LogP contribution in [0.2, 0.25) is 5.15 Å². The lowest BCUT2D eigenvalue weighted by Crippen LogP contribution is -2.38. The summed E-state index contributed by atoms with van der Waals surface area (Å²) in [5.74, 6) is 1.43. The molecular formula is C12H19ClN4O. The van der Waals surface area contributed by atoms with Crippen LogP contribution in [0, 0.1) is 5.92 Å². The Hall–Kier alpha value is -1.07. The lowest BCUT2D eigenvalue weighted by molar-refractivity contribution is 0.202. The van der Waals surface area contributed by atoms with E-state index in [1.54, 1.807) is 7.11 Å². The maximum Gasteiger partial charge on any atom is 0.157 e. The molecule has 100 valence electrons. The van der Waals surface area contributed by atoms with E-state index < -0.39 is 0 Å². The molecule has 18 heavy (non-hydrogen) atoms. The fourth-order valence-electron chi connectivity index (χ4n) is 2.12. The highest BCUT2D eigenvalue weighted by Crippen LogP contribution is 2.38. The highest BCUT2D eigenvalue weighted by Gasteiger charge is 2.33. The van der Waals surface area contributed by atoms with Crippen molar-refractivity contribution >= 4 is 23.1 Å². The highest BCUT2D eigenvalue weighted by atomic mass is 35.5. The van der Waals surface area contributed by atoms with Crippen molar-refractivity contribution in [1.29, 1.82) is 0 Å². The van der Waals surface area contributed by atoms with Gasteiger partial charge in [-0.25, -0.2) is 9.97 Å².